The number of aliphatic hydroxyl groups excluding tert-OH is 1. The Labute approximate surface area is 117 Å². The number of aliphatic hydroxyl groups is 1. The standard InChI is InChI=1S/C13H20N2O5/c1-9(2)19-7-11(16)8-20-13-5-10(6-14)3-4-12(13)15(17)18/h3-5,9,11,16H,6-8,14H2,1-2H3. The van der Waals surface area contributed by atoms with E-state index in [1.807, 2.05) is 13.8 Å². The molecule has 0 aromatic heterocycles. The highest BCUT2D eigenvalue weighted by atomic mass is 16.6. The molecular weight excluding hydrogens is 264 g/mol. The van der Waals surface area contributed by atoms with Crippen LogP contribution in [0.4, 0.5) is 5.69 Å². The summed E-state index contributed by atoms with van der Waals surface area (Å²) in [4.78, 5) is 10.4. The van der Waals surface area contributed by atoms with E-state index in [-0.39, 0.29) is 37.3 Å². The van der Waals surface area contributed by atoms with Crippen LogP contribution in [0.25, 0.3) is 0 Å². The number of nitro benzene ring substituents is 1. The molecule has 0 aliphatic rings. The number of rotatable bonds is 8. The van der Waals surface area contributed by atoms with E-state index in [1.165, 1.54) is 12.1 Å². The van der Waals surface area contributed by atoms with E-state index >= 15 is 0 Å². The molecule has 7 nitrogen and oxygen atoms in total. The SMILES string of the molecule is CC(C)OCC(O)COc1cc(CN)ccc1[N+](=O)[O-]. The molecule has 0 saturated heterocycles. The van der Waals surface area contributed by atoms with Gasteiger partial charge in [0.05, 0.1) is 17.6 Å². The van der Waals surface area contributed by atoms with Crippen LogP contribution in [-0.2, 0) is 11.3 Å². The van der Waals surface area contributed by atoms with Crippen LogP contribution in [0.2, 0.25) is 0 Å². The summed E-state index contributed by atoms with van der Waals surface area (Å²) in [6, 6.07) is 4.42. The third-order valence-corrected chi connectivity index (χ3v) is 2.51. The second-order valence-corrected chi connectivity index (χ2v) is 4.61. The average Bonchev–Trinajstić information content (AvgIpc) is 2.42. The fourth-order valence-electron chi connectivity index (χ4n) is 1.49. The minimum atomic E-state index is -0.849. The van der Waals surface area contributed by atoms with Gasteiger partial charge < -0.3 is 20.3 Å². The molecule has 1 aromatic carbocycles. The van der Waals surface area contributed by atoms with Gasteiger partial charge in [0.2, 0.25) is 0 Å². The zero-order valence-electron chi connectivity index (χ0n) is 11.6. The van der Waals surface area contributed by atoms with Gasteiger partial charge in [0.1, 0.15) is 12.7 Å². The maximum absolute atomic E-state index is 10.9. The molecule has 20 heavy (non-hydrogen) atoms. The smallest absolute Gasteiger partial charge is 0.310 e. The summed E-state index contributed by atoms with van der Waals surface area (Å²) in [6.07, 6.45) is -0.849. The molecule has 0 aliphatic heterocycles. The third-order valence-electron chi connectivity index (χ3n) is 2.51. The van der Waals surface area contributed by atoms with Crippen LogP contribution in [0.1, 0.15) is 19.4 Å². The number of nitrogens with zero attached hydrogens (tertiary/aromatic N) is 1. The van der Waals surface area contributed by atoms with Crippen LogP contribution < -0.4 is 10.5 Å². The Morgan fingerprint density at radius 2 is 2.10 bits per heavy atom. The lowest BCUT2D eigenvalue weighted by atomic mass is 10.2. The van der Waals surface area contributed by atoms with Gasteiger partial charge in [-0.3, -0.25) is 10.1 Å². The van der Waals surface area contributed by atoms with Gasteiger partial charge in [0.25, 0.3) is 0 Å². The second kappa shape index (κ2) is 7.78. The minimum Gasteiger partial charge on any atom is -0.484 e. The van der Waals surface area contributed by atoms with Crippen molar-refractivity contribution in [3.8, 4) is 5.75 Å². The molecular formula is C13H20N2O5. The summed E-state index contributed by atoms with van der Waals surface area (Å²) >= 11 is 0. The van der Waals surface area contributed by atoms with Crippen LogP contribution >= 0.6 is 0 Å². The zero-order valence-corrected chi connectivity index (χ0v) is 11.6. The van der Waals surface area contributed by atoms with Crippen LogP contribution in [0.5, 0.6) is 5.75 Å². The molecule has 1 aromatic rings. The first kappa shape index (κ1) is 16.4. The molecule has 1 unspecified atom stereocenters. The Bertz CT molecular complexity index is 450. The minimum absolute atomic E-state index is 0.000413. The summed E-state index contributed by atoms with van der Waals surface area (Å²) in [5.74, 6) is 0.0987. The molecule has 0 amide bonds. The molecule has 1 rings (SSSR count). The molecule has 0 heterocycles. The first-order chi connectivity index (χ1) is 9.43. The highest BCUT2D eigenvalue weighted by molar-refractivity contribution is 5.48. The Morgan fingerprint density at radius 1 is 1.40 bits per heavy atom. The highest BCUT2D eigenvalue weighted by Gasteiger charge is 2.17. The van der Waals surface area contributed by atoms with Crippen LogP contribution in [0.15, 0.2) is 18.2 Å². The molecule has 0 spiro atoms. The molecule has 0 aliphatic carbocycles. The van der Waals surface area contributed by atoms with Gasteiger partial charge in [0.15, 0.2) is 5.75 Å². The lowest BCUT2D eigenvalue weighted by Gasteiger charge is -2.14. The molecule has 0 saturated carbocycles. The molecule has 0 fully saturated rings. The summed E-state index contributed by atoms with van der Waals surface area (Å²) in [6.45, 7) is 3.99. The molecule has 0 bridgehead atoms. The number of nitrogens with two attached hydrogens (primary N) is 1. The number of benzene rings is 1. The Kier molecular flexibility index (Phi) is 6.37. The number of nitro groups is 1. The molecule has 3 N–H and O–H groups in total. The van der Waals surface area contributed by atoms with Crippen molar-refractivity contribution in [2.24, 2.45) is 5.73 Å². The zero-order chi connectivity index (χ0) is 15.1. The summed E-state index contributed by atoms with van der Waals surface area (Å²) < 4.78 is 10.5. The molecule has 1 atom stereocenters. The summed E-state index contributed by atoms with van der Waals surface area (Å²) in [5.41, 5.74) is 6.05. The van der Waals surface area contributed by atoms with Crippen LogP contribution in [0, 0.1) is 10.1 Å². The van der Waals surface area contributed by atoms with E-state index in [0.717, 1.165) is 5.56 Å². The molecule has 0 radical (unpaired) electrons. The lowest BCUT2D eigenvalue weighted by molar-refractivity contribution is -0.386. The van der Waals surface area contributed by atoms with Gasteiger partial charge in [0, 0.05) is 12.6 Å². The fraction of sp³-hybridized carbons (Fsp3) is 0.538. The second-order valence-electron chi connectivity index (χ2n) is 4.61. The first-order valence-corrected chi connectivity index (χ1v) is 6.34. The first-order valence-electron chi connectivity index (χ1n) is 6.34. The van der Waals surface area contributed by atoms with Crippen molar-refractivity contribution in [1.82, 2.24) is 0 Å². The summed E-state index contributed by atoms with van der Waals surface area (Å²) in [7, 11) is 0. The summed E-state index contributed by atoms with van der Waals surface area (Å²) in [5, 5.41) is 20.6. The maximum atomic E-state index is 10.9. The predicted molar refractivity (Wildman–Crippen MR) is 73.6 cm³/mol. The van der Waals surface area contributed by atoms with E-state index in [0.29, 0.717) is 0 Å². The normalized spacial score (nSPS) is 12.4. The van der Waals surface area contributed by atoms with E-state index in [4.69, 9.17) is 15.2 Å². The molecule has 112 valence electrons. The fourth-order valence-corrected chi connectivity index (χ4v) is 1.49. The quantitative estimate of drug-likeness (QED) is 0.549. The number of hydrogen-bond donors (Lipinski definition) is 2. The van der Waals surface area contributed by atoms with Crippen LogP contribution in [0.3, 0.4) is 0 Å². The number of ether oxygens (including phenoxy) is 2. The van der Waals surface area contributed by atoms with Gasteiger partial charge in [-0.1, -0.05) is 6.07 Å². The van der Waals surface area contributed by atoms with Gasteiger partial charge >= 0.3 is 5.69 Å². The van der Waals surface area contributed by atoms with Gasteiger partial charge in [-0.25, -0.2) is 0 Å². The Hall–Kier alpha value is -1.70. The Morgan fingerprint density at radius 3 is 2.65 bits per heavy atom. The van der Waals surface area contributed by atoms with Gasteiger partial charge in [-0.05, 0) is 25.5 Å². The van der Waals surface area contributed by atoms with Crippen molar-refractivity contribution in [2.45, 2.75) is 32.6 Å². The predicted octanol–water partition coefficient (Wildman–Crippen LogP) is 1.22. The van der Waals surface area contributed by atoms with E-state index < -0.39 is 11.0 Å². The maximum Gasteiger partial charge on any atom is 0.310 e. The van der Waals surface area contributed by atoms with Gasteiger partial charge in [-0.2, -0.15) is 0 Å². The largest absolute Gasteiger partial charge is 0.484 e. The van der Waals surface area contributed by atoms with Crippen LogP contribution in [-0.4, -0.2) is 35.5 Å². The number of hydrogen-bond acceptors (Lipinski definition) is 6. The van der Waals surface area contributed by atoms with Crippen molar-refractivity contribution < 1.29 is 19.5 Å². The Balaban J connectivity index is 2.67. The highest BCUT2D eigenvalue weighted by Crippen LogP contribution is 2.28. The van der Waals surface area contributed by atoms with Crippen molar-refractivity contribution in [3.05, 3.63) is 33.9 Å². The van der Waals surface area contributed by atoms with Crippen molar-refractivity contribution in [1.29, 1.82) is 0 Å². The van der Waals surface area contributed by atoms with E-state index in [9.17, 15) is 15.2 Å². The average molecular weight is 284 g/mol. The lowest BCUT2D eigenvalue weighted by Crippen LogP contribution is -2.25. The van der Waals surface area contributed by atoms with Crippen molar-refractivity contribution in [3.63, 3.8) is 0 Å². The van der Waals surface area contributed by atoms with E-state index in [1.54, 1.807) is 6.07 Å². The topological polar surface area (TPSA) is 108 Å². The molecule has 7 heteroatoms. The third kappa shape index (κ3) is 5.12. The van der Waals surface area contributed by atoms with E-state index in [2.05, 4.69) is 0 Å². The monoisotopic (exact) mass is 284 g/mol. The van der Waals surface area contributed by atoms with Gasteiger partial charge in [-0.15, -0.1) is 0 Å². The van der Waals surface area contributed by atoms with Crippen molar-refractivity contribution in [2.75, 3.05) is 13.2 Å². The van der Waals surface area contributed by atoms with Crippen molar-refractivity contribution >= 4 is 5.69 Å².